The van der Waals surface area contributed by atoms with Gasteiger partial charge >= 0.3 is 0 Å². The first-order valence-corrected chi connectivity index (χ1v) is 3.06. The number of rotatable bonds is 0. The fraction of sp³-hybridized carbons (Fsp3) is 1.00. The third-order valence-corrected chi connectivity index (χ3v) is 2.51. The minimum atomic E-state index is 0.0961. The first-order valence-electron chi connectivity index (χ1n) is 3.06. The number of aliphatic hydroxyl groups is 1. The maximum Gasteiger partial charge on any atom is 0.0573 e. The molecule has 40 valence electrons. The highest BCUT2D eigenvalue weighted by molar-refractivity contribution is 4.96. The van der Waals surface area contributed by atoms with Crippen molar-refractivity contribution in [2.75, 3.05) is 0 Å². The van der Waals surface area contributed by atoms with Crippen LogP contribution in [0.5, 0.6) is 0 Å². The van der Waals surface area contributed by atoms with Crippen molar-refractivity contribution in [3.8, 4) is 0 Å². The van der Waals surface area contributed by atoms with Crippen LogP contribution in [0.15, 0.2) is 0 Å². The van der Waals surface area contributed by atoms with Crippen LogP contribution in [-0.2, 0) is 0 Å². The molecule has 2 aliphatic carbocycles. The molecule has 2 saturated carbocycles. The minimum Gasteiger partial charge on any atom is -0.393 e. The maximum absolute atomic E-state index is 8.94. The van der Waals surface area contributed by atoms with Gasteiger partial charge < -0.3 is 5.11 Å². The molecule has 0 aromatic carbocycles. The molecule has 0 radical (unpaired) electrons. The SMILES string of the molecule is O[C@@H]1C[C@H]2CC[C@H]21. The zero-order valence-corrected chi connectivity index (χ0v) is 4.30. The van der Waals surface area contributed by atoms with E-state index in [0.717, 1.165) is 18.3 Å². The minimum absolute atomic E-state index is 0.0961. The summed E-state index contributed by atoms with van der Waals surface area (Å²) >= 11 is 0. The average molecular weight is 98.1 g/mol. The molecule has 0 saturated heterocycles. The van der Waals surface area contributed by atoms with E-state index in [1.54, 1.807) is 0 Å². The fourth-order valence-electron chi connectivity index (χ4n) is 1.68. The zero-order valence-electron chi connectivity index (χ0n) is 4.30. The molecule has 0 spiro atoms. The molecule has 0 bridgehead atoms. The van der Waals surface area contributed by atoms with Gasteiger partial charge in [-0.25, -0.2) is 0 Å². The molecule has 0 aromatic heterocycles. The lowest BCUT2D eigenvalue weighted by Crippen LogP contribution is -2.48. The maximum atomic E-state index is 8.94. The normalized spacial score (nSPS) is 57.0. The molecule has 3 atom stereocenters. The molecule has 0 unspecified atom stereocenters. The highest BCUT2D eigenvalue weighted by Crippen LogP contribution is 2.49. The highest BCUT2D eigenvalue weighted by Gasteiger charge is 2.45. The van der Waals surface area contributed by atoms with Crippen LogP contribution in [-0.4, -0.2) is 11.2 Å². The van der Waals surface area contributed by atoms with Gasteiger partial charge in [0, 0.05) is 0 Å². The third-order valence-electron chi connectivity index (χ3n) is 2.51. The number of hydrogen-bond donors (Lipinski definition) is 1. The second-order valence-electron chi connectivity index (χ2n) is 2.80. The van der Waals surface area contributed by atoms with Crippen LogP contribution in [0.4, 0.5) is 0 Å². The van der Waals surface area contributed by atoms with Gasteiger partial charge in [0.25, 0.3) is 0 Å². The van der Waals surface area contributed by atoms with E-state index < -0.39 is 0 Å². The monoisotopic (exact) mass is 98.1 g/mol. The highest BCUT2D eigenvalue weighted by atomic mass is 16.3. The second-order valence-corrected chi connectivity index (χ2v) is 2.80. The summed E-state index contributed by atoms with van der Waals surface area (Å²) in [7, 11) is 0. The van der Waals surface area contributed by atoms with E-state index in [2.05, 4.69) is 0 Å². The Balaban J connectivity index is 1.99. The van der Waals surface area contributed by atoms with Crippen LogP contribution in [0.1, 0.15) is 19.3 Å². The molecule has 2 aliphatic rings. The van der Waals surface area contributed by atoms with Gasteiger partial charge in [-0.15, -0.1) is 0 Å². The molecule has 0 heterocycles. The first-order chi connectivity index (χ1) is 3.38. The van der Waals surface area contributed by atoms with Gasteiger partial charge in [-0.2, -0.15) is 0 Å². The van der Waals surface area contributed by atoms with Crippen LogP contribution >= 0.6 is 0 Å². The van der Waals surface area contributed by atoms with E-state index in [-0.39, 0.29) is 6.10 Å². The topological polar surface area (TPSA) is 20.2 Å². The summed E-state index contributed by atoms with van der Waals surface area (Å²) in [5.41, 5.74) is 0. The predicted molar refractivity (Wildman–Crippen MR) is 26.8 cm³/mol. The van der Waals surface area contributed by atoms with Crippen molar-refractivity contribution < 1.29 is 5.11 Å². The van der Waals surface area contributed by atoms with Crippen molar-refractivity contribution in [2.24, 2.45) is 11.8 Å². The van der Waals surface area contributed by atoms with E-state index in [1.807, 2.05) is 0 Å². The molecule has 1 N–H and O–H groups in total. The summed E-state index contributed by atoms with van der Waals surface area (Å²) in [5.74, 6) is 1.68. The summed E-state index contributed by atoms with van der Waals surface area (Å²) in [6.45, 7) is 0. The Morgan fingerprint density at radius 1 is 1.29 bits per heavy atom. The Labute approximate surface area is 43.3 Å². The van der Waals surface area contributed by atoms with E-state index in [1.165, 1.54) is 12.8 Å². The predicted octanol–water partition coefficient (Wildman–Crippen LogP) is 0.777. The molecule has 0 aliphatic heterocycles. The van der Waals surface area contributed by atoms with Crippen molar-refractivity contribution in [2.45, 2.75) is 25.4 Å². The Bertz CT molecular complexity index is 86.2. The number of fused-ring (bicyclic) bond motifs is 1. The summed E-state index contributed by atoms with van der Waals surface area (Å²) in [6.07, 6.45) is 3.89. The van der Waals surface area contributed by atoms with E-state index in [9.17, 15) is 0 Å². The number of hydrogen-bond acceptors (Lipinski definition) is 1. The molecule has 0 amide bonds. The average Bonchev–Trinajstić information content (AvgIpc) is 1.59. The largest absolute Gasteiger partial charge is 0.393 e. The van der Waals surface area contributed by atoms with Gasteiger partial charge in [-0.3, -0.25) is 0 Å². The van der Waals surface area contributed by atoms with Gasteiger partial charge in [0.2, 0.25) is 0 Å². The molecule has 7 heavy (non-hydrogen) atoms. The molecule has 1 heteroatoms. The van der Waals surface area contributed by atoms with Crippen LogP contribution in [0.3, 0.4) is 0 Å². The van der Waals surface area contributed by atoms with Crippen molar-refractivity contribution in [3.63, 3.8) is 0 Å². The van der Waals surface area contributed by atoms with Gasteiger partial charge in [-0.1, -0.05) is 0 Å². The smallest absolute Gasteiger partial charge is 0.0573 e. The molecule has 1 nitrogen and oxygen atoms in total. The number of aliphatic hydroxyl groups excluding tert-OH is 1. The third kappa shape index (κ3) is 0.325. The van der Waals surface area contributed by atoms with Crippen molar-refractivity contribution in [3.05, 3.63) is 0 Å². The zero-order chi connectivity index (χ0) is 4.85. The molecular formula is C6H10O. The molecular weight excluding hydrogens is 88.1 g/mol. The molecule has 2 fully saturated rings. The Hall–Kier alpha value is -0.0400. The Kier molecular flexibility index (Phi) is 0.571. The van der Waals surface area contributed by atoms with E-state index in [4.69, 9.17) is 5.11 Å². The summed E-state index contributed by atoms with van der Waals surface area (Å²) in [6, 6.07) is 0. The summed E-state index contributed by atoms with van der Waals surface area (Å²) < 4.78 is 0. The molecule has 0 aromatic rings. The van der Waals surface area contributed by atoms with Gasteiger partial charge in [0.15, 0.2) is 0 Å². The first kappa shape index (κ1) is 3.90. The van der Waals surface area contributed by atoms with Gasteiger partial charge in [0.1, 0.15) is 0 Å². The van der Waals surface area contributed by atoms with E-state index >= 15 is 0 Å². The lowest BCUT2D eigenvalue weighted by molar-refractivity contribution is -0.0951. The lowest BCUT2D eigenvalue weighted by Gasteiger charge is -2.50. The summed E-state index contributed by atoms with van der Waals surface area (Å²) in [5, 5.41) is 8.94. The van der Waals surface area contributed by atoms with Crippen LogP contribution in [0.25, 0.3) is 0 Å². The van der Waals surface area contributed by atoms with E-state index in [0.29, 0.717) is 0 Å². The quantitative estimate of drug-likeness (QED) is 0.474. The Morgan fingerprint density at radius 3 is 2.14 bits per heavy atom. The standard InChI is InChI=1S/C6H10O/c7-6-3-4-1-2-5(4)6/h4-7H,1-3H2/t4-,5-,6-/m1/s1. The van der Waals surface area contributed by atoms with Crippen LogP contribution in [0.2, 0.25) is 0 Å². The van der Waals surface area contributed by atoms with Crippen LogP contribution < -0.4 is 0 Å². The molecule has 2 rings (SSSR count). The van der Waals surface area contributed by atoms with Crippen molar-refractivity contribution in [1.82, 2.24) is 0 Å². The van der Waals surface area contributed by atoms with Gasteiger partial charge in [0.05, 0.1) is 6.10 Å². The summed E-state index contributed by atoms with van der Waals surface area (Å²) in [4.78, 5) is 0. The Morgan fingerprint density at radius 2 is 2.14 bits per heavy atom. The van der Waals surface area contributed by atoms with Crippen molar-refractivity contribution >= 4 is 0 Å². The second kappa shape index (κ2) is 1.03. The van der Waals surface area contributed by atoms with Crippen molar-refractivity contribution in [1.29, 1.82) is 0 Å². The lowest BCUT2D eigenvalue weighted by atomic mass is 9.58. The van der Waals surface area contributed by atoms with Crippen LogP contribution in [0, 0.1) is 11.8 Å². The van der Waals surface area contributed by atoms with Gasteiger partial charge in [-0.05, 0) is 31.1 Å². The fourth-order valence-corrected chi connectivity index (χ4v) is 1.68.